The topological polar surface area (TPSA) is 47.6 Å². The molecule has 0 saturated heterocycles. The molecule has 0 saturated carbocycles. The fraction of sp³-hybridized carbons (Fsp3) is 0.294. The molecule has 2 aromatic carbocycles. The maximum atomic E-state index is 9.07. The molecule has 0 fully saturated rings. The van der Waals surface area contributed by atoms with E-state index < -0.39 is 0 Å². The van der Waals surface area contributed by atoms with Crippen LogP contribution in [0.25, 0.3) is 10.8 Å². The second-order valence-corrected chi connectivity index (χ2v) is 4.92. The third kappa shape index (κ3) is 2.59. The van der Waals surface area contributed by atoms with Gasteiger partial charge in [0.2, 0.25) is 0 Å². The Labute approximate surface area is 113 Å². The Kier molecular flexibility index (Phi) is 3.83. The molecule has 0 heterocycles. The van der Waals surface area contributed by atoms with Crippen molar-refractivity contribution in [2.75, 3.05) is 0 Å². The maximum absolute atomic E-state index is 9.07. The van der Waals surface area contributed by atoms with Crippen LogP contribution in [0, 0.1) is 22.7 Å². The zero-order valence-corrected chi connectivity index (χ0v) is 11.3. The molecule has 19 heavy (non-hydrogen) atoms. The van der Waals surface area contributed by atoms with Gasteiger partial charge in [0.25, 0.3) is 0 Å². The summed E-state index contributed by atoms with van der Waals surface area (Å²) >= 11 is 0. The summed E-state index contributed by atoms with van der Waals surface area (Å²) in [6, 6.07) is 14.1. The van der Waals surface area contributed by atoms with E-state index in [2.05, 4.69) is 38.1 Å². The molecule has 94 valence electrons. The molecule has 0 aromatic heterocycles. The van der Waals surface area contributed by atoms with Crippen LogP contribution in [0.15, 0.2) is 30.3 Å². The van der Waals surface area contributed by atoms with Gasteiger partial charge in [-0.15, -0.1) is 0 Å². The largest absolute Gasteiger partial charge is 0.192 e. The van der Waals surface area contributed by atoms with Crippen LogP contribution >= 0.6 is 0 Å². The predicted molar refractivity (Wildman–Crippen MR) is 76.7 cm³/mol. The number of benzene rings is 2. The van der Waals surface area contributed by atoms with Crippen LogP contribution in [0.2, 0.25) is 0 Å². The third-order valence-corrected chi connectivity index (χ3v) is 3.53. The first-order valence-electron chi connectivity index (χ1n) is 6.57. The number of fused-ring (bicyclic) bond motifs is 1. The smallest absolute Gasteiger partial charge is 0.101 e. The molecule has 0 aliphatic carbocycles. The summed E-state index contributed by atoms with van der Waals surface area (Å²) in [5, 5.41) is 20.1. The van der Waals surface area contributed by atoms with E-state index in [1.54, 1.807) is 6.07 Å². The van der Waals surface area contributed by atoms with Gasteiger partial charge in [-0.1, -0.05) is 38.5 Å². The lowest BCUT2D eigenvalue weighted by Crippen LogP contribution is -1.93. The van der Waals surface area contributed by atoms with Gasteiger partial charge in [0.05, 0.1) is 11.1 Å². The summed E-state index contributed by atoms with van der Waals surface area (Å²) in [4.78, 5) is 0. The number of nitrogens with zero attached hydrogens (tertiary/aromatic N) is 2. The van der Waals surface area contributed by atoms with Crippen LogP contribution in [0.1, 0.15) is 49.3 Å². The molecule has 0 radical (unpaired) electrons. The molecule has 1 atom stereocenters. The highest BCUT2D eigenvalue weighted by Crippen LogP contribution is 2.26. The van der Waals surface area contributed by atoms with E-state index in [1.165, 1.54) is 5.56 Å². The molecule has 2 heteroatoms. The van der Waals surface area contributed by atoms with Crippen molar-refractivity contribution in [2.45, 2.75) is 32.6 Å². The Hall–Kier alpha value is -2.32. The van der Waals surface area contributed by atoms with Crippen LogP contribution in [0.3, 0.4) is 0 Å². The van der Waals surface area contributed by atoms with Crippen molar-refractivity contribution in [3.05, 3.63) is 47.0 Å². The fourth-order valence-electron chi connectivity index (χ4n) is 2.41. The minimum atomic E-state index is 0.448. The highest BCUT2D eigenvalue weighted by Gasteiger charge is 2.08. The van der Waals surface area contributed by atoms with E-state index in [-0.39, 0.29) is 0 Å². The lowest BCUT2D eigenvalue weighted by Gasteiger charge is -2.11. The van der Waals surface area contributed by atoms with Gasteiger partial charge >= 0.3 is 0 Å². The minimum Gasteiger partial charge on any atom is -0.192 e. The van der Waals surface area contributed by atoms with E-state index in [4.69, 9.17) is 10.5 Å². The van der Waals surface area contributed by atoms with Crippen LogP contribution in [0.5, 0.6) is 0 Å². The number of nitriles is 2. The Morgan fingerprint density at radius 3 is 2.21 bits per heavy atom. The molecule has 0 amide bonds. The summed E-state index contributed by atoms with van der Waals surface area (Å²) in [6.07, 6.45) is 2.32. The highest BCUT2D eigenvalue weighted by molar-refractivity contribution is 5.86. The van der Waals surface area contributed by atoms with Crippen molar-refractivity contribution >= 4 is 10.8 Å². The molecule has 2 nitrogen and oxygen atoms in total. The quantitative estimate of drug-likeness (QED) is 0.803. The molecule has 2 rings (SSSR count). The van der Waals surface area contributed by atoms with Gasteiger partial charge < -0.3 is 0 Å². The summed E-state index contributed by atoms with van der Waals surface area (Å²) in [5.41, 5.74) is 2.20. The van der Waals surface area contributed by atoms with Crippen molar-refractivity contribution in [2.24, 2.45) is 0 Å². The molecule has 0 spiro atoms. The third-order valence-electron chi connectivity index (χ3n) is 3.53. The Morgan fingerprint density at radius 2 is 1.63 bits per heavy atom. The molecular weight excluding hydrogens is 232 g/mol. The first-order chi connectivity index (χ1) is 9.19. The average Bonchev–Trinajstić information content (AvgIpc) is 2.45. The van der Waals surface area contributed by atoms with E-state index in [0.29, 0.717) is 17.0 Å². The zero-order chi connectivity index (χ0) is 13.8. The van der Waals surface area contributed by atoms with Gasteiger partial charge in [-0.25, -0.2) is 0 Å². The SMILES string of the molecule is CCCC(C)c1ccc2cc(C#N)c(C#N)cc2c1. The van der Waals surface area contributed by atoms with Crippen molar-refractivity contribution in [3.63, 3.8) is 0 Å². The highest BCUT2D eigenvalue weighted by atomic mass is 14.3. The summed E-state index contributed by atoms with van der Waals surface area (Å²) < 4.78 is 0. The van der Waals surface area contributed by atoms with Crippen LogP contribution in [-0.2, 0) is 0 Å². The monoisotopic (exact) mass is 248 g/mol. The molecule has 1 unspecified atom stereocenters. The van der Waals surface area contributed by atoms with Crippen molar-refractivity contribution < 1.29 is 0 Å². The van der Waals surface area contributed by atoms with E-state index in [0.717, 1.165) is 23.6 Å². The molecular formula is C17H16N2. The van der Waals surface area contributed by atoms with Gasteiger partial charge in [-0.05, 0) is 40.8 Å². The normalized spacial score (nSPS) is 11.8. The standard InChI is InChI=1S/C17H16N2/c1-3-4-12(2)13-5-6-14-8-16(10-18)17(11-19)9-15(14)7-13/h5-9,12H,3-4H2,1-2H3. The van der Waals surface area contributed by atoms with Crippen molar-refractivity contribution in [3.8, 4) is 12.1 Å². The molecule has 0 N–H and O–H groups in total. The fourth-order valence-corrected chi connectivity index (χ4v) is 2.41. The van der Waals surface area contributed by atoms with E-state index >= 15 is 0 Å². The van der Waals surface area contributed by atoms with Crippen molar-refractivity contribution in [1.29, 1.82) is 10.5 Å². The van der Waals surface area contributed by atoms with E-state index in [1.807, 2.05) is 12.1 Å². The minimum absolute atomic E-state index is 0.448. The van der Waals surface area contributed by atoms with Gasteiger partial charge in [-0.2, -0.15) is 10.5 Å². The summed E-state index contributed by atoms with van der Waals surface area (Å²) in [7, 11) is 0. The van der Waals surface area contributed by atoms with Gasteiger partial charge in [0.1, 0.15) is 12.1 Å². The van der Waals surface area contributed by atoms with Crippen molar-refractivity contribution in [1.82, 2.24) is 0 Å². The molecule has 0 bridgehead atoms. The Morgan fingerprint density at radius 1 is 1.00 bits per heavy atom. The molecule has 0 aliphatic rings. The molecule has 0 aliphatic heterocycles. The number of hydrogen-bond donors (Lipinski definition) is 0. The number of rotatable bonds is 3. The Balaban J connectivity index is 2.55. The van der Waals surface area contributed by atoms with Crippen LogP contribution in [0.4, 0.5) is 0 Å². The van der Waals surface area contributed by atoms with Gasteiger partial charge in [0, 0.05) is 0 Å². The first-order valence-corrected chi connectivity index (χ1v) is 6.57. The summed E-state index contributed by atoms with van der Waals surface area (Å²) in [6.45, 7) is 4.41. The van der Waals surface area contributed by atoms with Crippen LogP contribution < -0.4 is 0 Å². The maximum Gasteiger partial charge on any atom is 0.101 e. The number of hydrogen-bond acceptors (Lipinski definition) is 2. The Bertz CT molecular complexity index is 687. The second kappa shape index (κ2) is 5.55. The lowest BCUT2D eigenvalue weighted by molar-refractivity contribution is 0.665. The average molecular weight is 248 g/mol. The predicted octanol–water partition coefficient (Wildman–Crippen LogP) is 4.49. The van der Waals surface area contributed by atoms with Crippen LogP contribution in [-0.4, -0.2) is 0 Å². The first kappa shape index (κ1) is 13.1. The van der Waals surface area contributed by atoms with Gasteiger partial charge in [-0.3, -0.25) is 0 Å². The lowest BCUT2D eigenvalue weighted by atomic mass is 9.93. The second-order valence-electron chi connectivity index (χ2n) is 4.92. The zero-order valence-electron chi connectivity index (χ0n) is 11.3. The van der Waals surface area contributed by atoms with Gasteiger partial charge in [0.15, 0.2) is 0 Å². The summed E-state index contributed by atoms with van der Waals surface area (Å²) in [5.74, 6) is 0.524. The van der Waals surface area contributed by atoms with E-state index in [9.17, 15) is 0 Å². The molecule has 2 aromatic rings.